The van der Waals surface area contributed by atoms with Crippen molar-refractivity contribution in [3.05, 3.63) is 95.4 Å². The number of unbranched alkanes of at least 4 members (excludes halogenated alkanes) is 1. The van der Waals surface area contributed by atoms with Crippen LogP contribution in [0.15, 0.2) is 82.8 Å². The van der Waals surface area contributed by atoms with E-state index in [-0.39, 0.29) is 11.3 Å². The van der Waals surface area contributed by atoms with Gasteiger partial charge in [-0.3, -0.25) is 19.5 Å². The van der Waals surface area contributed by atoms with E-state index in [4.69, 9.17) is 4.42 Å². The third-order valence-electron chi connectivity index (χ3n) is 5.20. The summed E-state index contributed by atoms with van der Waals surface area (Å²) < 4.78 is 5.22. The minimum atomic E-state index is -0.849. The molecule has 0 spiro atoms. The van der Waals surface area contributed by atoms with E-state index in [1.807, 2.05) is 24.3 Å². The summed E-state index contributed by atoms with van der Waals surface area (Å²) in [5.41, 5.74) is 2.21. The van der Waals surface area contributed by atoms with Gasteiger partial charge in [0.25, 0.3) is 5.91 Å². The van der Waals surface area contributed by atoms with Crippen LogP contribution in [-0.2, 0) is 11.2 Å². The molecule has 6 heteroatoms. The lowest BCUT2D eigenvalue weighted by atomic mass is 9.98. The summed E-state index contributed by atoms with van der Waals surface area (Å²) in [6, 6.07) is 15.1. The lowest BCUT2D eigenvalue weighted by Crippen LogP contribution is -2.31. The number of hydrogen-bond acceptors (Lipinski definition) is 5. The Morgan fingerprint density at radius 3 is 2.57 bits per heavy atom. The van der Waals surface area contributed by atoms with E-state index in [0.717, 1.165) is 19.3 Å². The number of aromatic nitrogens is 1. The number of aliphatic hydroxyl groups excluding tert-OH is 1. The summed E-state index contributed by atoms with van der Waals surface area (Å²) >= 11 is 0. The largest absolute Gasteiger partial charge is 0.503 e. The zero-order valence-electron chi connectivity index (χ0n) is 16.6. The topological polar surface area (TPSA) is 83.6 Å². The number of nitrogens with zero attached hydrogens (tertiary/aromatic N) is 2. The Balaban J connectivity index is 1.77. The molecule has 0 radical (unpaired) electrons. The van der Waals surface area contributed by atoms with Crippen LogP contribution in [0.2, 0.25) is 0 Å². The molecule has 1 N–H and O–H groups in total. The van der Waals surface area contributed by atoms with E-state index >= 15 is 0 Å². The van der Waals surface area contributed by atoms with Crippen molar-refractivity contribution in [3.63, 3.8) is 0 Å². The summed E-state index contributed by atoms with van der Waals surface area (Å²) in [4.78, 5) is 31.9. The van der Waals surface area contributed by atoms with E-state index < -0.39 is 23.5 Å². The standard InChI is InChI=1S/C24H22N2O4/c1-2-3-7-16-10-12-17(13-11-16)26-21(18-8-4-5-14-25-18)20(23(28)24(26)29)22(27)19-9-6-15-30-19/h4-6,8-15,21,28H,2-3,7H2,1H3. The Hall–Kier alpha value is -3.67. The van der Waals surface area contributed by atoms with Crippen molar-refractivity contribution in [2.24, 2.45) is 0 Å². The SMILES string of the molecule is CCCCc1ccc(N2C(=O)C(O)=C(C(=O)c3ccco3)C2c2ccccn2)cc1. The molecule has 2 aromatic heterocycles. The lowest BCUT2D eigenvalue weighted by Gasteiger charge is -2.26. The molecular weight excluding hydrogens is 380 g/mol. The van der Waals surface area contributed by atoms with Crippen molar-refractivity contribution in [2.45, 2.75) is 32.2 Å². The van der Waals surface area contributed by atoms with Crippen molar-refractivity contribution in [1.29, 1.82) is 0 Å². The number of benzene rings is 1. The maximum Gasteiger partial charge on any atom is 0.294 e. The highest BCUT2D eigenvalue weighted by Crippen LogP contribution is 2.41. The predicted molar refractivity (Wildman–Crippen MR) is 112 cm³/mol. The third kappa shape index (κ3) is 3.52. The van der Waals surface area contributed by atoms with Crippen molar-refractivity contribution in [2.75, 3.05) is 4.90 Å². The van der Waals surface area contributed by atoms with Crippen LogP contribution in [0.1, 0.15) is 47.6 Å². The van der Waals surface area contributed by atoms with E-state index in [1.165, 1.54) is 22.8 Å². The van der Waals surface area contributed by atoms with Crippen molar-refractivity contribution >= 4 is 17.4 Å². The Labute approximate surface area is 174 Å². The molecule has 1 aliphatic heterocycles. The number of carbonyl (C=O) groups excluding carboxylic acids is 2. The second-order valence-corrected chi connectivity index (χ2v) is 7.17. The minimum absolute atomic E-state index is 0.0382. The molecule has 0 saturated carbocycles. The molecule has 0 fully saturated rings. The summed E-state index contributed by atoms with van der Waals surface area (Å²) in [7, 11) is 0. The van der Waals surface area contributed by atoms with Crippen LogP contribution in [0.4, 0.5) is 5.69 Å². The number of carbonyl (C=O) groups is 2. The number of aryl methyl sites for hydroxylation is 1. The molecule has 3 aromatic rings. The van der Waals surface area contributed by atoms with Gasteiger partial charge in [0.2, 0.25) is 5.78 Å². The van der Waals surface area contributed by atoms with Gasteiger partial charge in [0.1, 0.15) is 6.04 Å². The predicted octanol–water partition coefficient (Wildman–Crippen LogP) is 4.80. The highest BCUT2D eigenvalue weighted by atomic mass is 16.3. The first-order valence-electron chi connectivity index (χ1n) is 9.96. The molecule has 1 aromatic carbocycles. The van der Waals surface area contributed by atoms with E-state index in [0.29, 0.717) is 11.4 Å². The Morgan fingerprint density at radius 1 is 1.13 bits per heavy atom. The maximum atomic E-state index is 13.1. The fourth-order valence-corrected chi connectivity index (χ4v) is 3.67. The fraction of sp³-hybridized carbons (Fsp3) is 0.208. The van der Waals surface area contributed by atoms with Crippen LogP contribution in [0.25, 0.3) is 0 Å². The molecule has 0 bridgehead atoms. The zero-order valence-corrected chi connectivity index (χ0v) is 16.6. The van der Waals surface area contributed by atoms with E-state index in [9.17, 15) is 14.7 Å². The highest BCUT2D eigenvalue weighted by Gasteiger charge is 2.45. The van der Waals surface area contributed by atoms with Crippen LogP contribution in [0.3, 0.4) is 0 Å². The fourth-order valence-electron chi connectivity index (χ4n) is 3.67. The molecule has 0 aliphatic carbocycles. The monoisotopic (exact) mass is 402 g/mol. The number of aliphatic hydroxyl groups is 1. The van der Waals surface area contributed by atoms with Gasteiger partial charge in [-0.1, -0.05) is 31.5 Å². The number of ketones is 1. The number of anilines is 1. The van der Waals surface area contributed by atoms with Gasteiger partial charge in [0.05, 0.1) is 17.5 Å². The highest BCUT2D eigenvalue weighted by molar-refractivity contribution is 6.20. The third-order valence-corrected chi connectivity index (χ3v) is 5.20. The van der Waals surface area contributed by atoms with Gasteiger partial charge in [-0.2, -0.15) is 0 Å². The van der Waals surface area contributed by atoms with Gasteiger partial charge >= 0.3 is 0 Å². The Morgan fingerprint density at radius 2 is 1.93 bits per heavy atom. The van der Waals surface area contributed by atoms with Crippen molar-refractivity contribution in [1.82, 2.24) is 4.98 Å². The van der Waals surface area contributed by atoms with Crippen LogP contribution >= 0.6 is 0 Å². The quantitative estimate of drug-likeness (QED) is 0.574. The molecule has 3 heterocycles. The van der Waals surface area contributed by atoms with Gasteiger partial charge in [0.15, 0.2) is 11.5 Å². The number of amides is 1. The molecule has 1 unspecified atom stereocenters. The first-order chi connectivity index (χ1) is 14.6. The molecule has 1 amide bonds. The molecule has 1 aliphatic rings. The number of rotatable bonds is 7. The molecule has 1 atom stereocenters. The number of furan rings is 1. The van der Waals surface area contributed by atoms with Gasteiger partial charge < -0.3 is 9.52 Å². The smallest absolute Gasteiger partial charge is 0.294 e. The average molecular weight is 402 g/mol. The molecular formula is C24H22N2O4. The van der Waals surface area contributed by atoms with Crippen LogP contribution in [0, 0.1) is 0 Å². The average Bonchev–Trinajstić information content (AvgIpc) is 3.41. The summed E-state index contributed by atoms with van der Waals surface area (Å²) in [6.45, 7) is 2.14. The number of pyridine rings is 1. The molecule has 0 saturated heterocycles. The van der Waals surface area contributed by atoms with Crippen LogP contribution < -0.4 is 4.90 Å². The second kappa shape index (κ2) is 8.37. The maximum absolute atomic E-state index is 13.1. The summed E-state index contributed by atoms with van der Waals surface area (Å²) in [5.74, 6) is -1.70. The zero-order chi connectivity index (χ0) is 21.1. The van der Waals surface area contributed by atoms with Gasteiger partial charge in [-0.05, 0) is 54.8 Å². The number of hydrogen-bond donors (Lipinski definition) is 1. The van der Waals surface area contributed by atoms with Gasteiger partial charge in [-0.25, -0.2) is 0 Å². The Kier molecular flexibility index (Phi) is 5.48. The minimum Gasteiger partial charge on any atom is -0.503 e. The van der Waals surface area contributed by atoms with Crippen molar-refractivity contribution < 1.29 is 19.1 Å². The Bertz CT molecular complexity index is 1070. The lowest BCUT2D eigenvalue weighted by molar-refractivity contribution is -0.117. The van der Waals surface area contributed by atoms with Crippen LogP contribution in [-0.4, -0.2) is 21.8 Å². The van der Waals surface area contributed by atoms with Gasteiger partial charge in [-0.15, -0.1) is 0 Å². The second-order valence-electron chi connectivity index (χ2n) is 7.17. The van der Waals surface area contributed by atoms with E-state index in [2.05, 4.69) is 11.9 Å². The number of Topliss-reactive ketones (excluding diaryl/α,β-unsaturated/α-hetero) is 1. The molecule has 4 rings (SSSR count). The van der Waals surface area contributed by atoms with Gasteiger partial charge in [0, 0.05) is 11.9 Å². The summed E-state index contributed by atoms with van der Waals surface area (Å²) in [5, 5.41) is 10.7. The first-order valence-corrected chi connectivity index (χ1v) is 9.96. The van der Waals surface area contributed by atoms with Crippen molar-refractivity contribution in [3.8, 4) is 0 Å². The molecule has 152 valence electrons. The molecule has 6 nitrogen and oxygen atoms in total. The van der Waals surface area contributed by atoms with E-state index in [1.54, 1.807) is 30.5 Å². The first kappa shape index (κ1) is 19.6. The molecule has 30 heavy (non-hydrogen) atoms. The summed E-state index contributed by atoms with van der Waals surface area (Å²) in [6.07, 6.45) is 6.12. The van der Waals surface area contributed by atoms with Crippen LogP contribution in [0.5, 0.6) is 0 Å². The normalized spacial score (nSPS) is 16.4.